The van der Waals surface area contributed by atoms with E-state index in [4.69, 9.17) is 19.2 Å². The van der Waals surface area contributed by atoms with Crippen LogP contribution in [0.4, 0.5) is 5.69 Å². The molecule has 0 aliphatic heterocycles. The van der Waals surface area contributed by atoms with Gasteiger partial charge in [0.15, 0.2) is 4.80 Å². The molecule has 0 aliphatic rings. The number of aromatic nitrogens is 1. The number of hydrogen-bond acceptors (Lipinski definition) is 5. The van der Waals surface area contributed by atoms with Crippen LogP contribution in [-0.2, 0) is 0 Å². The lowest BCUT2D eigenvalue weighted by atomic mass is 10.1. The molecule has 0 fully saturated rings. The van der Waals surface area contributed by atoms with E-state index in [0.29, 0.717) is 6.61 Å². The van der Waals surface area contributed by atoms with Crippen molar-refractivity contribution in [2.45, 2.75) is 33.2 Å². The minimum absolute atomic E-state index is 0.286. The smallest absolute Gasteiger partial charge is 0.190 e. The number of benzene rings is 2. The van der Waals surface area contributed by atoms with Crippen LogP contribution in [0.5, 0.6) is 17.2 Å². The molecule has 29 heavy (non-hydrogen) atoms. The summed E-state index contributed by atoms with van der Waals surface area (Å²) >= 11 is 1.63. The molecule has 3 aromatic rings. The second-order valence-corrected chi connectivity index (χ2v) is 7.47. The largest absolute Gasteiger partial charge is 0.497 e. The van der Waals surface area contributed by atoms with Crippen LogP contribution in [0.25, 0.3) is 11.3 Å². The van der Waals surface area contributed by atoms with Gasteiger partial charge in [0.1, 0.15) is 17.2 Å². The van der Waals surface area contributed by atoms with Crippen LogP contribution >= 0.6 is 11.3 Å². The number of ether oxygens (including phenoxy) is 3. The number of hydrogen-bond donors (Lipinski definition) is 0. The summed E-state index contributed by atoms with van der Waals surface area (Å²) in [5, 5.41) is 2.14. The van der Waals surface area contributed by atoms with E-state index in [1.807, 2.05) is 49.4 Å². The molecular weight excluding hydrogens is 384 g/mol. The van der Waals surface area contributed by atoms with Gasteiger partial charge in [-0.05, 0) is 62.7 Å². The second-order valence-electron chi connectivity index (χ2n) is 6.64. The predicted molar refractivity (Wildman–Crippen MR) is 119 cm³/mol. The molecule has 2 aromatic carbocycles. The van der Waals surface area contributed by atoms with E-state index in [9.17, 15) is 0 Å². The van der Waals surface area contributed by atoms with E-state index in [1.54, 1.807) is 25.6 Å². The Morgan fingerprint density at radius 1 is 1.00 bits per heavy atom. The minimum Gasteiger partial charge on any atom is -0.497 e. The van der Waals surface area contributed by atoms with Gasteiger partial charge in [-0.15, -0.1) is 11.3 Å². The summed E-state index contributed by atoms with van der Waals surface area (Å²) in [5.41, 5.74) is 2.97. The molecule has 0 amide bonds. The minimum atomic E-state index is 0.286. The molecule has 1 heterocycles. The molecule has 0 saturated carbocycles. The van der Waals surface area contributed by atoms with Gasteiger partial charge in [-0.1, -0.05) is 6.92 Å². The van der Waals surface area contributed by atoms with Gasteiger partial charge in [0.25, 0.3) is 0 Å². The van der Waals surface area contributed by atoms with Crippen LogP contribution < -0.4 is 19.0 Å². The molecule has 1 aromatic heterocycles. The molecule has 0 aliphatic carbocycles. The van der Waals surface area contributed by atoms with Crippen molar-refractivity contribution in [3.63, 3.8) is 0 Å². The Morgan fingerprint density at radius 2 is 1.72 bits per heavy atom. The third kappa shape index (κ3) is 4.65. The Balaban J connectivity index is 2.13. The predicted octanol–water partition coefficient (Wildman–Crippen LogP) is 5.84. The van der Waals surface area contributed by atoms with Crippen molar-refractivity contribution in [3.05, 3.63) is 52.6 Å². The molecule has 0 spiro atoms. The van der Waals surface area contributed by atoms with Crippen molar-refractivity contribution < 1.29 is 14.2 Å². The Hall–Kier alpha value is -2.73. The lowest BCUT2D eigenvalue weighted by Gasteiger charge is -2.17. The summed E-state index contributed by atoms with van der Waals surface area (Å²) in [5.74, 6) is 2.47. The molecule has 0 saturated heterocycles. The van der Waals surface area contributed by atoms with Crippen LogP contribution in [0.2, 0.25) is 0 Å². The second kappa shape index (κ2) is 9.65. The molecular formula is C23H28N2O3S. The van der Waals surface area contributed by atoms with Crippen LogP contribution in [0.15, 0.2) is 52.8 Å². The van der Waals surface area contributed by atoms with E-state index in [1.165, 1.54) is 0 Å². The quantitative estimate of drug-likeness (QED) is 0.467. The van der Waals surface area contributed by atoms with Crippen molar-refractivity contribution in [2.75, 3.05) is 20.8 Å². The van der Waals surface area contributed by atoms with E-state index < -0.39 is 0 Å². The average Bonchev–Trinajstić information content (AvgIpc) is 3.17. The fraction of sp³-hybridized carbons (Fsp3) is 0.348. The average molecular weight is 413 g/mol. The fourth-order valence-electron chi connectivity index (χ4n) is 3.12. The lowest BCUT2D eigenvalue weighted by molar-refractivity contribution is 0.340. The van der Waals surface area contributed by atoms with Crippen LogP contribution in [-0.4, -0.2) is 25.4 Å². The summed E-state index contributed by atoms with van der Waals surface area (Å²) in [4.78, 5) is 5.86. The molecule has 1 unspecified atom stereocenters. The van der Waals surface area contributed by atoms with Gasteiger partial charge in [-0.3, -0.25) is 0 Å². The first-order valence-electron chi connectivity index (χ1n) is 9.81. The summed E-state index contributed by atoms with van der Waals surface area (Å²) in [6, 6.07) is 14.0. The molecule has 0 bridgehead atoms. The summed E-state index contributed by atoms with van der Waals surface area (Å²) < 4.78 is 18.9. The highest BCUT2D eigenvalue weighted by Gasteiger charge is 2.17. The van der Waals surface area contributed by atoms with Gasteiger partial charge in [-0.25, -0.2) is 4.99 Å². The summed E-state index contributed by atoms with van der Waals surface area (Å²) in [6.45, 7) is 7.02. The Labute approximate surface area is 176 Å². The molecule has 0 radical (unpaired) electrons. The Kier molecular flexibility index (Phi) is 6.99. The Bertz CT molecular complexity index is 1010. The maximum absolute atomic E-state index is 5.62. The zero-order valence-corrected chi connectivity index (χ0v) is 18.5. The van der Waals surface area contributed by atoms with Gasteiger partial charge in [0, 0.05) is 17.0 Å². The molecule has 3 rings (SSSR count). The van der Waals surface area contributed by atoms with Gasteiger partial charge in [-0.2, -0.15) is 0 Å². The monoisotopic (exact) mass is 412 g/mol. The number of thiazole rings is 1. The number of nitrogens with zero attached hydrogens (tertiary/aromatic N) is 2. The SMILES string of the molecule is CCOc1ccc(N=c2scc(-c3cc(OC)ccc3OC)n2C(C)CC)cc1. The third-order valence-electron chi connectivity index (χ3n) is 4.83. The van der Waals surface area contributed by atoms with Gasteiger partial charge < -0.3 is 18.8 Å². The first-order valence-corrected chi connectivity index (χ1v) is 10.7. The maximum Gasteiger partial charge on any atom is 0.190 e. The number of methoxy groups -OCH3 is 2. The Morgan fingerprint density at radius 3 is 2.34 bits per heavy atom. The van der Waals surface area contributed by atoms with E-state index in [-0.39, 0.29) is 6.04 Å². The number of rotatable bonds is 8. The molecule has 5 nitrogen and oxygen atoms in total. The third-order valence-corrected chi connectivity index (χ3v) is 5.67. The molecule has 0 N–H and O–H groups in total. The van der Waals surface area contributed by atoms with E-state index in [2.05, 4.69) is 23.8 Å². The summed E-state index contributed by atoms with van der Waals surface area (Å²) in [6.07, 6.45) is 0.993. The topological polar surface area (TPSA) is 45.0 Å². The van der Waals surface area contributed by atoms with E-state index in [0.717, 1.165) is 45.4 Å². The van der Waals surface area contributed by atoms with Crippen LogP contribution in [0, 0.1) is 0 Å². The normalized spacial score (nSPS) is 12.7. The fourth-order valence-corrected chi connectivity index (χ4v) is 4.12. The maximum atomic E-state index is 5.62. The van der Waals surface area contributed by atoms with Crippen molar-refractivity contribution in [1.29, 1.82) is 0 Å². The molecule has 6 heteroatoms. The van der Waals surface area contributed by atoms with Crippen molar-refractivity contribution in [3.8, 4) is 28.5 Å². The first-order chi connectivity index (χ1) is 14.1. The highest BCUT2D eigenvalue weighted by atomic mass is 32.1. The highest BCUT2D eigenvalue weighted by Crippen LogP contribution is 2.35. The van der Waals surface area contributed by atoms with Crippen molar-refractivity contribution in [1.82, 2.24) is 4.57 Å². The lowest BCUT2D eigenvalue weighted by Crippen LogP contribution is -2.19. The van der Waals surface area contributed by atoms with Gasteiger partial charge >= 0.3 is 0 Å². The van der Waals surface area contributed by atoms with Gasteiger partial charge in [0.2, 0.25) is 0 Å². The zero-order chi connectivity index (χ0) is 20.8. The van der Waals surface area contributed by atoms with Crippen LogP contribution in [0.1, 0.15) is 33.2 Å². The highest BCUT2D eigenvalue weighted by molar-refractivity contribution is 7.07. The zero-order valence-electron chi connectivity index (χ0n) is 17.6. The summed E-state index contributed by atoms with van der Waals surface area (Å²) in [7, 11) is 3.37. The molecule has 1 atom stereocenters. The van der Waals surface area contributed by atoms with Crippen molar-refractivity contribution in [2.24, 2.45) is 4.99 Å². The van der Waals surface area contributed by atoms with Crippen molar-refractivity contribution >= 4 is 17.0 Å². The van der Waals surface area contributed by atoms with E-state index >= 15 is 0 Å². The van der Waals surface area contributed by atoms with Crippen LogP contribution in [0.3, 0.4) is 0 Å². The standard InChI is InChI=1S/C23H28N2O3S/c1-6-16(3)25-21(20-14-19(26-4)12-13-22(20)27-5)15-29-23(25)24-17-8-10-18(11-9-17)28-7-2/h8-16H,6-7H2,1-5H3. The first kappa shape index (κ1) is 21.0. The molecule has 154 valence electrons. The van der Waals surface area contributed by atoms with Gasteiger partial charge in [0.05, 0.1) is 32.2 Å².